The van der Waals surface area contributed by atoms with Crippen LogP contribution in [0.15, 0.2) is 30.3 Å². The van der Waals surface area contributed by atoms with Crippen LogP contribution in [0.4, 0.5) is 0 Å². The summed E-state index contributed by atoms with van der Waals surface area (Å²) >= 11 is 0. The minimum atomic E-state index is -1.47. The molecule has 0 radical (unpaired) electrons. The monoisotopic (exact) mass is 277 g/mol. The van der Waals surface area contributed by atoms with Gasteiger partial charge in [0, 0.05) is 5.92 Å². The van der Waals surface area contributed by atoms with Crippen LogP contribution >= 0.6 is 0 Å². The van der Waals surface area contributed by atoms with E-state index in [1.54, 1.807) is 0 Å². The third-order valence-corrected chi connectivity index (χ3v) is 4.18. The average Bonchev–Trinajstić information content (AvgIpc) is 3.20. The Hall–Kier alpha value is -1.88. The molecule has 0 bridgehead atoms. The van der Waals surface area contributed by atoms with Gasteiger partial charge in [0.25, 0.3) is 0 Å². The van der Waals surface area contributed by atoms with Crippen molar-refractivity contribution in [3.05, 3.63) is 35.9 Å². The van der Waals surface area contributed by atoms with Gasteiger partial charge in [-0.25, -0.2) is 0 Å². The minimum Gasteiger partial charge on any atom is -0.481 e. The molecule has 5 nitrogen and oxygen atoms in total. The summed E-state index contributed by atoms with van der Waals surface area (Å²) in [5.41, 5.74) is 5.59. The van der Waals surface area contributed by atoms with Crippen molar-refractivity contribution in [1.82, 2.24) is 0 Å². The van der Waals surface area contributed by atoms with Crippen molar-refractivity contribution >= 4 is 11.9 Å². The molecule has 0 amide bonds. The molecule has 4 N–H and O–H groups in total. The van der Waals surface area contributed by atoms with Gasteiger partial charge in [-0.05, 0) is 24.3 Å². The summed E-state index contributed by atoms with van der Waals surface area (Å²) in [7, 11) is 0. The summed E-state index contributed by atoms with van der Waals surface area (Å²) in [4.78, 5) is 22.5. The lowest BCUT2D eigenvalue weighted by molar-refractivity contribution is -0.145. The van der Waals surface area contributed by atoms with Crippen LogP contribution < -0.4 is 5.73 Å². The van der Waals surface area contributed by atoms with E-state index >= 15 is 0 Å². The van der Waals surface area contributed by atoms with E-state index in [1.807, 2.05) is 37.3 Å². The highest BCUT2D eigenvalue weighted by molar-refractivity contribution is 5.83. The largest absolute Gasteiger partial charge is 0.481 e. The normalized spacial score (nSPS) is 25.5. The van der Waals surface area contributed by atoms with Gasteiger partial charge in [-0.1, -0.05) is 37.3 Å². The van der Waals surface area contributed by atoms with E-state index in [-0.39, 0.29) is 12.3 Å². The van der Waals surface area contributed by atoms with E-state index in [1.165, 1.54) is 0 Å². The second-order valence-corrected chi connectivity index (χ2v) is 5.65. The van der Waals surface area contributed by atoms with Gasteiger partial charge in [0.1, 0.15) is 5.54 Å². The van der Waals surface area contributed by atoms with E-state index in [9.17, 15) is 14.7 Å². The third-order valence-electron chi connectivity index (χ3n) is 4.18. The maximum absolute atomic E-state index is 11.5. The fourth-order valence-electron chi connectivity index (χ4n) is 2.84. The Morgan fingerprint density at radius 2 is 1.95 bits per heavy atom. The highest BCUT2D eigenvalue weighted by atomic mass is 16.4. The molecule has 1 aliphatic carbocycles. The zero-order valence-electron chi connectivity index (χ0n) is 11.3. The number of hydrogen-bond donors (Lipinski definition) is 3. The first-order valence-electron chi connectivity index (χ1n) is 6.66. The number of carbonyl (C=O) groups is 2. The quantitative estimate of drug-likeness (QED) is 0.734. The van der Waals surface area contributed by atoms with Crippen molar-refractivity contribution in [2.24, 2.45) is 17.6 Å². The zero-order valence-corrected chi connectivity index (χ0v) is 11.3. The number of nitrogens with two attached hydrogens (primary N) is 1. The molecule has 1 aromatic carbocycles. The lowest BCUT2D eigenvalue weighted by Crippen LogP contribution is -2.51. The molecule has 0 aromatic heterocycles. The standard InChI is InChI=1S/C15H19NO4/c1-9(10-5-3-2-4-6-10)8-15(16,14(19)20)12-7-11(12)13(17)18/h2-6,9,11-12H,7-8,16H2,1H3,(H,17,18)(H,19,20)/t9?,11-,12?,15+/m0/s1. The number of rotatable bonds is 6. The van der Waals surface area contributed by atoms with Gasteiger partial charge in [-0.2, -0.15) is 0 Å². The predicted molar refractivity (Wildman–Crippen MR) is 73.3 cm³/mol. The van der Waals surface area contributed by atoms with Gasteiger partial charge in [0.05, 0.1) is 5.92 Å². The fraction of sp³-hybridized carbons (Fsp3) is 0.467. The van der Waals surface area contributed by atoms with Crippen molar-refractivity contribution in [3.63, 3.8) is 0 Å². The van der Waals surface area contributed by atoms with Crippen molar-refractivity contribution < 1.29 is 19.8 Å². The molecule has 5 heteroatoms. The van der Waals surface area contributed by atoms with Crippen LogP contribution in [-0.4, -0.2) is 27.7 Å². The first-order chi connectivity index (χ1) is 9.36. The molecule has 1 aromatic rings. The lowest BCUT2D eigenvalue weighted by atomic mass is 9.81. The zero-order chi connectivity index (χ0) is 14.9. The van der Waals surface area contributed by atoms with Crippen LogP contribution in [0, 0.1) is 11.8 Å². The number of benzene rings is 1. The van der Waals surface area contributed by atoms with Crippen molar-refractivity contribution in [2.45, 2.75) is 31.2 Å². The Morgan fingerprint density at radius 3 is 2.40 bits per heavy atom. The van der Waals surface area contributed by atoms with Crippen LogP contribution in [0.3, 0.4) is 0 Å². The van der Waals surface area contributed by atoms with Crippen molar-refractivity contribution in [3.8, 4) is 0 Å². The Labute approximate surface area is 117 Å². The molecule has 2 rings (SSSR count). The van der Waals surface area contributed by atoms with Crippen molar-refractivity contribution in [2.75, 3.05) is 0 Å². The molecule has 1 fully saturated rings. The van der Waals surface area contributed by atoms with Gasteiger partial charge < -0.3 is 15.9 Å². The Kier molecular flexibility index (Phi) is 3.81. The van der Waals surface area contributed by atoms with Crippen LogP contribution in [0.25, 0.3) is 0 Å². The fourth-order valence-corrected chi connectivity index (χ4v) is 2.84. The molecule has 4 atom stereocenters. The number of carboxylic acids is 2. The van der Waals surface area contributed by atoms with E-state index in [0.717, 1.165) is 5.56 Å². The molecule has 2 unspecified atom stereocenters. The summed E-state index contributed by atoms with van der Waals surface area (Å²) in [5, 5.41) is 18.4. The first-order valence-corrected chi connectivity index (χ1v) is 6.66. The Balaban J connectivity index is 2.14. The van der Waals surface area contributed by atoms with Crippen LogP contribution in [-0.2, 0) is 9.59 Å². The SMILES string of the molecule is CC(C[C@](N)(C(=O)O)C1C[C@@H]1C(=O)O)c1ccccc1. The summed E-state index contributed by atoms with van der Waals surface area (Å²) < 4.78 is 0. The average molecular weight is 277 g/mol. The van der Waals surface area contributed by atoms with Gasteiger partial charge >= 0.3 is 11.9 Å². The summed E-state index contributed by atoms with van der Waals surface area (Å²) in [6.07, 6.45) is 0.584. The van der Waals surface area contributed by atoms with Crippen LogP contribution in [0.2, 0.25) is 0 Å². The van der Waals surface area contributed by atoms with Gasteiger partial charge in [0.2, 0.25) is 0 Å². The van der Waals surface area contributed by atoms with E-state index in [2.05, 4.69) is 0 Å². The molecular formula is C15H19NO4. The van der Waals surface area contributed by atoms with E-state index in [0.29, 0.717) is 6.42 Å². The van der Waals surface area contributed by atoms with Crippen LogP contribution in [0.1, 0.15) is 31.2 Å². The number of aliphatic carboxylic acids is 2. The topological polar surface area (TPSA) is 101 Å². The van der Waals surface area contributed by atoms with E-state index < -0.39 is 29.3 Å². The molecule has 20 heavy (non-hydrogen) atoms. The summed E-state index contributed by atoms with van der Waals surface area (Å²) in [6, 6.07) is 9.53. The summed E-state index contributed by atoms with van der Waals surface area (Å²) in [6.45, 7) is 1.91. The predicted octanol–water partition coefficient (Wildman–Crippen LogP) is 1.68. The third kappa shape index (κ3) is 2.67. The first kappa shape index (κ1) is 14.5. The molecule has 108 valence electrons. The highest BCUT2D eigenvalue weighted by Gasteiger charge is 2.58. The smallest absolute Gasteiger partial charge is 0.324 e. The molecule has 0 saturated heterocycles. The molecule has 1 aliphatic rings. The molecular weight excluding hydrogens is 258 g/mol. The van der Waals surface area contributed by atoms with Crippen molar-refractivity contribution in [1.29, 1.82) is 0 Å². The Bertz CT molecular complexity index is 516. The Morgan fingerprint density at radius 1 is 1.35 bits per heavy atom. The lowest BCUT2D eigenvalue weighted by Gasteiger charge is -2.28. The van der Waals surface area contributed by atoms with Gasteiger partial charge in [0.15, 0.2) is 0 Å². The second-order valence-electron chi connectivity index (χ2n) is 5.65. The molecule has 0 aliphatic heterocycles. The van der Waals surface area contributed by atoms with Gasteiger partial charge in [-0.15, -0.1) is 0 Å². The number of hydrogen-bond acceptors (Lipinski definition) is 3. The minimum absolute atomic E-state index is 0.0349. The maximum Gasteiger partial charge on any atom is 0.324 e. The molecule has 0 spiro atoms. The van der Waals surface area contributed by atoms with E-state index in [4.69, 9.17) is 10.8 Å². The second kappa shape index (κ2) is 5.25. The van der Waals surface area contributed by atoms with Gasteiger partial charge in [-0.3, -0.25) is 9.59 Å². The summed E-state index contributed by atoms with van der Waals surface area (Å²) in [5.74, 6) is -3.22. The molecule has 1 saturated carbocycles. The maximum atomic E-state index is 11.5. The molecule has 0 heterocycles. The number of carboxylic acid groups (broad SMARTS) is 2. The van der Waals surface area contributed by atoms with Crippen LogP contribution in [0.5, 0.6) is 0 Å². The highest BCUT2D eigenvalue weighted by Crippen LogP contribution is 2.48.